The second-order valence-electron chi connectivity index (χ2n) is 4.13. The van der Waals surface area contributed by atoms with E-state index in [1.165, 1.54) is 17.8 Å². The molecule has 0 unspecified atom stereocenters. The number of H-pyrrole nitrogens is 1. The Balaban J connectivity index is 2.02. The molecule has 0 amide bonds. The molecule has 1 aromatic carbocycles. The van der Waals surface area contributed by atoms with E-state index < -0.39 is 0 Å². The molecule has 0 radical (unpaired) electrons. The number of Topliss-reactive ketones (excluding diaryl/α,β-unsaturated/α-hetero) is 1. The number of nitrogens with one attached hydrogen (secondary N) is 1. The normalized spacial score (nSPS) is 10.5. The minimum atomic E-state index is -0.197. The van der Waals surface area contributed by atoms with Crippen LogP contribution in [0, 0.1) is 6.92 Å². The average Bonchev–Trinajstić information content (AvgIpc) is 2.44. The fourth-order valence-corrected chi connectivity index (χ4v) is 2.84. The van der Waals surface area contributed by atoms with Gasteiger partial charge in [0.15, 0.2) is 10.9 Å². The number of carbonyl (C=O) groups excluding carboxylic acids is 1. The molecule has 4 nitrogen and oxygen atoms in total. The second kappa shape index (κ2) is 6.76. The monoisotopic (exact) mass is 306 g/mol. The van der Waals surface area contributed by atoms with Crippen LogP contribution in [0.15, 0.2) is 45.2 Å². The fourth-order valence-electron chi connectivity index (χ4n) is 1.61. The molecule has 1 aromatic heterocycles. The van der Waals surface area contributed by atoms with Crippen molar-refractivity contribution in [3.05, 3.63) is 51.9 Å². The quantitative estimate of drug-likeness (QED) is 0.523. The molecule has 0 saturated heterocycles. The van der Waals surface area contributed by atoms with Gasteiger partial charge in [0.25, 0.3) is 5.56 Å². The number of carbonyl (C=O) groups is 1. The zero-order valence-corrected chi connectivity index (χ0v) is 12.8. The van der Waals surface area contributed by atoms with Gasteiger partial charge in [0, 0.05) is 22.2 Å². The van der Waals surface area contributed by atoms with Crippen LogP contribution >= 0.6 is 23.5 Å². The summed E-state index contributed by atoms with van der Waals surface area (Å²) in [6.45, 7) is 1.75. The van der Waals surface area contributed by atoms with Crippen molar-refractivity contribution in [2.75, 3.05) is 12.0 Å². The van der Waals surface area contributed by atoms with Gasteiger partial charge in [0.2, 0.25) is 0 Å². The number of hydrogen-bond acceptors (Lipinski definition) is 5. The minimum Gasteiger partial charge on any atom is -0.301 e. The Morgan fingerprint density at radius 2 is 2.00 bits per heavy atom. The van der Waals surface area contributed by atoms with Crippen molar-refractivity contribution in [1.82, 2.24) is 9.97 Å². The molecule has 0 aliphatic carbocycles. The highest BCUT2D eigenvalue weighted by atomic mass is 32.2. The lowest BCUT2D eigenvalue weighted by Crippen LogP contribution is -2.09. The van der Waals surface area contributed by atoms with E-state index in [1.54, 1.807) is 18.7 Å². The SMILES string of the molecule is CSc1ccc(C(=O)CSc2nc(C)cc(=O)[nH]2)cc1. The number of aromatic nitrogens is 2. The van der Waals surface area contributed by atoms with Crippen molar-refractivity contribution < 1.29 is 4.79 Å². The first-order valence-corrected chi connectivity index (χ1v) is 8.17. The van der Waals surface area contributed by atoms with Crippen LogP contribution in [0.1, 0.15) is 16.1 Å². The molecule has 0 atom stereocenters. The largest absolute Gasteiger partial charge is 0.301 e. The Bertz CT molecular complexity index is 666. The average molecular weight is 306 g/mol. The summed E-state index contributed by atoms with van der Waals surface area (Å²) in [6.07, 6.45) is 1.99. The van der Waals surface area contributed by atoms with E-state index in [-0.39, 0.29) is 17.1 Å². The van der Waals surface area contributed by atoms with Crippen molar-refractivity contribution in [2.45, 2.75) is 17.0 Å². The summed E-state index contributed by atoms with van der Waals surface area (Å²) in [6, 6.07) is 8.92. The van der Waals surface area contributed by atoms with E-state index in [1.807, 2.05) is 30.5 Å². The molecule has 0 aliphatic rings. The maximum atomic E-state index is 12.0. The van der Waals surface area contributed by atoms with Crippen LogP contribution in [-0.2, 0) is 0 Å². The predicted molar refractivity (Wildman–Crippen MR) is 82.9 cm³/mol. The lowest BCUT2D eigenvalue weighted by atomic mass is 10.1. The smallest absolute Gasteiger partial charge is 0.251 e. The summed E-state index contributed by atoms with van der Waals surface area (Å²) < 4.78 is 0. The summed E-state index contributed by atoms with van der Waals surface area (Å²) >= 11 is 2.88. The lowest BCUT2D eigenvalue weighted by molar-refractivity contribution is 0.102. The topological polar surface area (TPSA) is 62.8 Å². The van der Waals surface area contributed by atoms with Crippen LogP contribution < -0.4 is 5.56 Å². The molecule has 0 bridgehead atoms. The van der Waals surface area contributed by atoms with Crippen molar-refractivity contribution in [3.63, 3.8) is 0 Å². The molecule has 104 valence electrons. The van der Waals surface area contributed by atoms with E-state index >= 15 is 0 Å². The Labute approximate surface area is 125 Å². The van der Waals surface area contributed by atoms with E-state index in [9.17, 15) is 9.59 Å². The molecule has 1 heterocycles. The second-order valence-corrected chi connectivity index (χ2v) is 5.98. The molecular weight excluding hydrogens is 292 g/mol. The molecule has 6 heteroatoms. The van der Waals surface area contributed by atoms with Crippen molar-refractivity contribution in [2.24, 2.45) is 0 Å². The maximum Gasteiger partial charge on any atom is 0.251 e. The number of thioether (sulfide) groups is 2. The van der Waals surface area contributed by atoms with Crippen molar-refractivity contribution >= 4 is 29.3 Å². The Kier molecular flexibility index (Phi) is 5.03. The van der Waals surface area contributed by atoms with E-state index in [2.05, 4.69) is 9.97 Å². The van der Waals surface area contributed by atoms with Gasteiger partial charge in [-0.1, -0.05) is 23.9 Å². The van der Waals surface area contributed by atoms with Crippen LogP contribution in [0.5, 0.6) is 0 Å². The Morgan fingerprint density at radius 1 is 1.30 bits per heavy atom. The zero-order valence-electron chi connectivity index (χ0n) is 11.2. The predicted octanol–water partition coefficient (Wildman–Crippen LogP) is 2.78. The highest BCUT2D eigenvalue weighted by Crippen LogP contribution is 2.17. The van der Waals surface area contributed by atoms with Gasteiger partial charge < -0.3 is 4.98 Å². The number of nitrogens with zero attached hydrogens (tertiary/aromatic N) is 1. The number of hydrogen-bond donors (Lipinski definition) is 1. The summed E-state index contributed by atoms with van der Waals surface area (Å²) in [5.74, 6) is 0.275. The third kappa shape index (κ3) is 3.98. The Morgan fingerprint density at radius 3 is 2.60 bits per heavy atom. The number of ketones is 1. The maximum absolute atomic E-state index is 12.0. The van der Waals surface area contributed by atoms with Crippen LogP contribution in [0.2, 0.25) is 0 Å². The third-order valence-electron chi connectivity index (χ3n) is 2.60. The van der Waals surface area contributed by atoms with Crippen LogP contribution in [0.25, 0.3) is 0 Å². The summed E-state index contributed by atoms with van der Waals surface area (Å²) in [5.41, 5.74) is 1.12. The first kappa shape index (κ1) is 14.9. The standard InChI is InChI=1S/C14H14N2O2S2/c1-9-7-13(18)16-14(15-9)20-8-12(17)10-3-5-11(19-2)6-4-10/h3-7H,8H2,1-2H3,(H,15,16,18). The summed E-state index contributed by atoms with van der Waals surface area (Å²) in [4.78, 5) is 31.3. The van der Waals surface area contributed by atoms with Crippen LogP contribution in [0.4, 0.5) is 0 Å². The van der Waals surface area contributed by atoms with Crippen molar-refractivity contribution in [1.29, 1.82) is 0 Å². The van der Waals surface area contributed by atoms with Crippen LogP contribution in [-0.4, -0.2) is 27.8 Å². The minimum absolute atomic E-state index is 0.0202. The molecule has 2 rings (SSSR count). The first-order chi connectivity index (χ1) is 9.58. The van der Waals surface area contributed by atoms with Gasteiger partial charge in [-0.25, -0.2) is 4.98 Å². The van der Waals surface area contributed by atoms with Gasteiger partial charge in [-0.3, -0.25) is 9.59 Å². The molecule has 20 heavy (non-hydrogen) atoms. The van der Waals surface area contributed by atoms with Gasteiger partial charge in [0.05, 0.1) is 5.75 Å². The van der Waals surface area contributed by atoms with Gasteiger partial charge in [-0.2, -0.15) is 0 Å². The molecule has 0 saturated carbocycles. The number of aryl methyl sites for hydroxylation is 1. The van der Waals surface area contributed by atoms with Gasteiger partial charge in [-0.05, 0) is 25.3 Å². The molecule has 0 spiro atoms. The molecule has 0 aliphatic heterocycles. The third-order valence-corrected chi connectivity index (χ3v) is 4.22. The molecule has 2 aromatic rings. The Hall–Kier alpha value is -1.53. The fraction of sp³-hybridized carbons (Fsp3) is 0.214. The van der Waals surface area contributed by atoms with Gasteiger partial charge >= 0.3 is 0 Å². The summed E-state index contributed by atoms with van der Waals surface area (Å²) in [7, 11) is 0. The first-order valence-electron chi connectivity index (χ1n) is 5.96. The molecule has 0 fully saturated rings. The summed E-state index contributed by atoms with van der Waals surface area (Å²) in [5, 5.41) is 0.476. The van der Waals surface area contributed by atoms with E-state index in [0.717, 1.165) is 4.90 Å². The zero-order chi connectivity index (χ0) is 14.5. The highest BCUT2D eigenvalue weighted by Gasteiger charge is 2.08. The van der Waals surface area contributed by atoms with E-state index in [0.29, 0.717) is 16.4 Å². The number of benzene rings is 1. The molecular formula is C14H14N2O2S2. The van der Waals surface area contributed by atoms with Crippen molar-refractivity contribution in [3.8, 4) is 0 Å². The van der Waals surface area contributed by atoms with Gasteiger partial charge in [-0.15, -0.1) is 11.8 Å². The number of aromatic amines is 1. The molecule has 1 N–H and O–H groups in total. The number of rotatable bonds is 5. The lowest BCUT2D eigenvalue weighted by Gasteiger charge is -2.03. The highest BCUT2D eigenvalue weighted by molar-refractivity contribution is 7.99. The van der Waals surface area contributed by atoms with E-state index in [4.69, 9.17) is 0 Å². The van der Waals surface area contributed by atoms with Crippen LogP contribution in [0.3, 0.4) is 0 Å². The van der Waals surface area contributed by atoms with Gasteiger partial charge in [0.1, 0.15) is 0 Å².